The van der Waals surface area contributed by atoms with Gasteiger partial charge in [-0.25, -0.2) is 0 Å². The van der Waals surface area contributed by atoms with E-state index in [1.807, 2.05) is 0 Å². The van der Waals surface area contributed by atoms with Crippen molar-refractivity contribution in [3.63, 3.8) is 0 Å². The molecule has 4 N–H and O–H groups in total. The Morgan fingerprint density at radius 3 is 2.79 bits per heavy atom. The second-order valence-electron chi connectivity index (χ2n) is 5.51. The first-order valence-corrected chi connectivity index (χ1v) is 7.37. The van der Waals surface area contributed by atoms with Crippen LogP contribution in [-0.4, -0.2) is 42.4 Å². The van der Waals surface area contributed by atoms with Crippen LogP contribution in [0.1, 0.15) is 46.0 Å². The lowest BCUT2D eigenvalue weighted by atomic mass is 9.85. The number of nitrogens with two attached hydrogens (primary N) is 1. The molecule has 4 atom stereocenters. The van der Waals surface area contributed by atoms with Gasteiger partial charge >= 0.3 is 0 Å². The zero-order valence-electron chi connectivity index (χ0n) is 12.1. The Hall–Kier alpha value is -0.650. The van der Waals surface area contributed by atoms with Gasteiger partial charge in [0.1, 0.15) is 0 Å². The summed E-state index contributed by atoms with van der Waals surface area (Å²) in [4.78, 5) is 10.8. The molecule has 5 heteroatoms. The number of carbonyl (C=O) groups is 1. The number of carbonyl (C=O) groups excluding carboxylic acids is 1. The molecule has 0 aromatic rings. The van der Waals surface area contributed by atoms with Crippen LogP contribution in [0.5, 0.6) is 0 Å². The predicted molar refractivity (Wildman–Crippen MR) is 74.7 cm³/mol. The van der Waals surface area contributed by atoms with Gasteiger partial charge in [0.05, 0.1) is 24.9 Å². The first-order chi connectivity index (χ1) is 9.04. The van der Waals surface area contributed by atoms with Gasteiger partial charge in [-0.3, -0.25) is 4.79 Å². The molecule has 0 radical (unpaired) electrons. The smallest absolute Gasteiger partial charge is 0.234 e. The summed E-state index contributed by atoms with van der Waals surface area (Å²) in [6.07, 6.45) is 5.65. The molecular formula is C14H28N2O3. The average molecular weight is 272 g/mol. The van der Waals surface area contributed by atoms with Gasteiger partial charge in [0, 0.05) is 6.54 Å². The highest BCUT2D eigenvalue weighted by atomic mass is 16.5. The first kappa shape index (κ1) is 16.4. The molecule has 0 spiro atoms. The monoisotopic (exact) mass is 272 g/mol. The number of primary amides is 1. The third-order valence-electron chi connectivity index (χ3n) is 3.95. The number of aliphatic hydroxyl groups excluding tert-OH is 1. The van der Waals surface area contributed by atoms with Gasteiger partial charge in [0.2, 0.25) is 5.91 Å². The summed E-state index contributed by atoms with van der Waals surface area (Å²) in [7, 11) is 0. The van der Waals surface area contributed by atoms with Crippen LogP contribution in [-0.2, 0) is 9.53 Å². The Bertz CT molecular complexity index is 273. The van der Waals surface area contributed by atoms with E-state index in [0.717, 1.165) is 12.8 Å². The molecule has 0 aromatic carbocycles. The molecule has 0 saturated heterocycles. The minimum absolute atomic E-state index is 0.280. The summed E-state index contributed by atoms with van der Waals surface area (Å²) in [5.74, 6) is 0.213. The second kappa shape index (κ2) is 8.51. The molecule has 0 bridgehead atoms. The minimum Gasteiger partial charge on any atom is -0.389 e. The number of amides is 1. The first-order valence-electron chi connectivity index (χ1n) is 7.37. The molecule has 1 aliphatic rings. The maximum Gasteiger partial charge on any atom is 0.234 e. The van der Waals surface area contributed by atoms with E-state index in [-0.39, 0.29) is 6.10 Å². The molecule has 4 unspecified atom stereocenters. The molecule has 0 heterocycles. The predicted octanol–water partition coefficient (Wildman–Crippen LogP) is 0.796. The van der Waals surface area contributed by atoms with E-state index < -0.39 is 18.1 Å². The van der Waals surface area contributed by atoms with E-state index in [0.29, 0.717) is 19.1 Å². The van der Waals surface area contributed by atoms with E-state index in [1.165, 1.54) is 19.3 Å². The molecular weight excluding hydrogens is 244 g/mol. The Morgan fingerprint density at radius 2 is 2.16 bits per heavy atom. The van der Waals surface area contributed by atoms with Crippen LogP contribution in [0.4, 0.5) is 0 Å². The number of aliphatic hydroxyl groups is 1. The lowest BCUT2D eigenvalue weighted by Crippen LogP contribution is -2.43. The van der Waals surface area contributed by atoms with E-state index in [1.54, 1.807) is 6.92 Å². The fourth-order valence-electron chi connectivity index (χ4n) is 2.57. The van der Waals surface area contributed by atoms with Crippen molar-refractivity contribution in [2.75, 3.05) is 13.2 Å². The Labute approximate surface area is 115 Å². The summed E-state index contributed by atoms with van der Waals surface area (Å²) in [5, 5.41) is 12.7. The van der Waals surface area contributed by atoms with Crippen LogP contribution in [0.15, 0.2) is 0 Å². The van der Waals surface area contributed by atoms with Crippen LogP contribution in [0, 0.1) is 5.92 Å². The van der Waals surface area contributed by atoms with E-state index >= 15 is 0 Å². The van der Waals surface area contributed by atoms with E-state index in [2.05, 4.69) is 12.2 Å². The molecule has 1 amide bonds. The summed E-state index contributed by atoms with van der Waals surface area (Å²) in [5.41, 5.74) is 5.13. The SMILES string of the molecule is CCC1CCCCC1OCC(O)CNC(C)C(N)=O. The fourth-order valence-corrected chi connectivity index (χ4v) is 2.57. The topological polar surface area (TPSA) is 84.6 Å². The standard InChI is InChI=1S/C14H28N2O3/c1-3-11-6-4-5-7-13(11)19-9-12(17)8-16-10(2)14(15)18/h10-13,16-17H,3-9H2,1-2H3,(H2,15,18). The van der Waals surface area contributed by atoms with Crippen LogP contribution >= 0.6 is 0 Å². The molecule has 0 aliphatic heterocycles. The molecule has 1 saturated carbocycles. The van der Waals surface area contributed by atoms with Gasteiger partial charge in [-0.05, 0) is 25.7 Å². The zero-order chi connectivity index (χ0) is 14.3. The van der Waals surface area contributed by atoms with Gasteiger partial charge in [0.15, 0.2) is 0 Å². The van der Waals surface area contributed by atoms with Crippen molar-refractivity contribution in [1.29, 1.82) is 0 Å². The van der Waals surface area contributed by atoms with Crippen molar-refractivity contribution in [3.8, 4) is 0 Å². The Morgan fingerprint density at radius 1 is 1.47 bits per heavy atom. The summed E-state index contributed by atoms with van der Waals surface area (Å²) in [6.45, 7) is 4.52. The highest BCUT2D eigenvalue weighted by molar-refractivity contribution is 5.79. The molecule has 1 aliphatic carbocycles. The van der Waals surface area contributed by atoms with Gasteiger partial charge < -0.3 is 20.9 Å². The lowest BCUT2D eigenvalue weighted by molar-refractivity contribution is -0.119. The second-order valence-corrected chi connectivity index (χ2v) is 5.51. The van der Waals surface area contributed by atoms with Crippen LogP contribution in [0.3, 0.4) is 0 Å². The Kier molecular flexibility index (Phi) is 7.34. The number of nitrogens with one attached hydrogen (secondary N) is 1. The van der Waals surface area contributed by atoms with Crippen molar-refractivity contribution < 1.29 is 14.6 Å². The van der Waals surface area contributed by atoms with Crippen LogP contribution in [0.2, 0.25) is 0 Å². The third kappa shape index (κ3) is 5.89. The van der Waals surface area contributed by atoms with Crippen LogP contribution in [0.25, 0.3) is 0 Å². The van der Waals surface area contributed by atoms with E-state index in [4.69, 9.17) is 10.5 Å². The van der Waals surface area contributed by atoms with Crippen molar-refractivity contribution in [1.82, 2.24) is 5.32 Å². The fraction of sp³-hybridized carbons (Fsp3) is 0.929. The number of hydrogen-bond donors (Lipinski definition) is 3. The Balaban J connectivity index is 2.21. The average Bonchev–Trinajstić information content (AvgIpc) is 2.42. The maximum absolute atomic E-state index is 10.8. The van der Waals surface area contributed by atoms with Gasteiger partial charge in [-0.2, -0.15) is 0 Å². The summed E-state index contributed by atoms with van der Waals surface area (Å²) in [6, 6.07) is -0.423. The number of rotatable bonds is 8. The molecule has 1 fully saturated rings. The quantitative estimate of drug-likeness (QED) is 0.610. The molecule has 112 valence electrons. The molecule has 19 heavy (non-hydrogen) atoms. The number of ether oxygens (including phenoxy) is 1. The van der Waals surface area contributed by atoms with Crippen LogP contribution < -0.4 is 11.1 Å². The van der Waals surface area contributed by atoms with Crippen molar-refractivity contribution >= 4 is 5.91 Å². The lowest BCUT2D eigenvalue weighted by Gasteiger charge is -2.31. The van der Waals surface area contributed by atoms with Gasteiger partial charge in [-0.15, -0.1) is 0 Å². The van der Waals surface area contributed by atoms with Gasteiger partial charge in [-0.1, -0.05) is 26.2 Å². The highest BCUT2D eigenvalue weighted by Crippen LogP contribution is 2.29. The number of hydrogen-bond acceptors (Lipinski definition) is 4. The molecule has 5 nitrogen and oxygen atoms in total. The van der Waals surface area contributed by atoms with Crippen molar-refractivity contribution in [3.05, 3.63) is 0 Å². The molecule has 0 aromatic heterocycles. The normalized spacial score (nSPS) is 26.9. The van der Waals surface area contributed by atoms with Gasteiger partial charge in [0.25, 0.3) is 0 Å². The minimum atomic E-state index is -0.596. The molecule has 1 rings (SSSR count). The third-order valence-corrected chi connectivity index (χ3v) is 3.95. The van der Waals surface area contributed by atoms with Crippen molar-refractivity contribution in [2.24, 2.45) is 11.7 Å². The maximum atomic E-state index is 10.8. The zero-order valence-corrected chi connectivity index (χ0v) is 12.1. The largest absolute Gasteiger partial charge is 0.389 e. The summed E-state index contributed by atoms with van der Waals surface area (Å²) >= 11 is 0. The highest BCUT2D eigenvalue weighted by Gasteiger charge is 2.25. The van der Waals surface area contributed by atoms with E-state index in [9.17, 15) is 9.90 Å². The van der Waals surface area contributed by atoms with Crippen molar-refractivity contribution in [2.45, 2.75) is 64.2 Å². The summed E-state index contributed by atoms with van der Waals surface area (Å²) < 4.78 is 5.83.